The van der Waals surface area contributed by atoms with Crippen LogP contribution in [0.5, 0.6) is 0 Å². The zero-order valence-corrected chi connectivity index (χ0v) is 10.1. The normalized spacial score (nSPS) is 12.0. The van der Waals surface area contributed by atoms with E-state index in [1.807, 2.05) is 0 Å². The number of benzene rings is 1. The second kappa shape index (κ2) is 5.58. The highest BCUT2D eigenvalue weighted by Crippen LogP contribution is 2.37. The van der Waals surface area contributed by atoms with Crippen LogP contribution in [0.25, 0.3) is 0 Å². The van der Waals surface area contributed by atoms with Crippen LogP contribution < -0.4 is 0 Å². The molecule has 0 aromatic heterocycles. The number of ketones is 2. The Hall–Kier alpha value is -2.32. The number of hydrogen-bond donors (Lipinski definition) is 1. The van der Waals surface area contributed by atoms with Crippen molar-refractivity contribution in [3.05, 3.63) is 35.4 Å². The third kappa shape index (κ3) is 3.41. The maximum atomic E-state index is 12.7. The second-order valence-corrected chi connectivity index (χ2v) is 3.95. The Kier molecular flexibility index (Phi) is 4.45. The number of halogens is 5. The van der Waals surface area contributed by atoms with Crippen LogP contribution >= 0.6 is 0 Å². The molecule has 0 aliphatic rings. The van der Waals surface area contributed by atoms with Crippen LogP contribution in [0.2, 0.25) is 0 Å². The number of hydrogen-bond acceptors (Lipinski definition) is 3. The van der Waals surface area contributed by atoms with E-state index in [-0.39, 0.29) is 0 Å². The number of rotatable bonds is 5. The molecule has 1 aromatic rings. The van der Waals surface area contributed by atoms with E-state index in [1.54, 1.807) is 0 Å². The van der Waals surface area contributed by atoms with Gasteiger partial charge in [-0.3, -0.25) is 9.59 Å². The fourth-order valence-electron chi connectivity index (χ4n) is 1.42. The number of carbonyl (C=O) groups is 3. The Bertz CT molecular complexity index is 592. The first-order chi connectivity index (χ1) is 9.48. The molecular formula is C12H7F5O4. The molecule has 9 heteroatoms. The quantitative estimate of drug-likeness (QED) is 0.516. The Morgan fingerprint density at radius 2 is 1.43 bits per heavy atom. The van der Waals surface area contributed by atoms with Crippen molar-refractivity contribution in [2.24, 2.45) is 0 Å². The lowest BCUT2D eigenvalue weighted by Crippen LogP contribution is -2.44. The SMILES string of the molecule is O=C(O)c1ccccc1C(=O)CC(=O)C(F)(F)C(F)(F)F. The van der Waals surface area contributed by atoms with Crippen molar-refractivity contribution in [1.29, 1.82) is 0 Å². The van der Waals surface area contributed by atoms with E-state index in [1.165, 1.54) is 12.1 Å². The van der Waals surface area contributed by atoms with Crippen molar-refractivity contribution in [3.63, 3.8) is 0 Å². The summed E-state index contributed by atoms with van der Waals surface area (Å²) in [5.74, 6) is -11.3. The highest BCUT2D eigenvalue weighted by Gasteiger charge is 2.62. The maximum Gasteiger partial charge on any atom is 0.461 e. The van der Waals surface area contributed by atoms with E-state index in [0.717, 1.165) is 12.1 Å². The lowest BCUT2D eigenvalue weighted by molar-refractivity contribution is -0.268. The van der Waals surface area contributed by atoms with Crippen LogP contribution in [-0.4, -0.2) is 34.7 Å². The molecule has 0 spiro atoms. The van der Waals surface area contributed by atoms with Crippen LogP contribution in [0.3, 0.4) is 0 Å². The molecule has 0 bridgehead atoms. The predicted octanol–water partition coefficient (Wildman–Crippen LogP) is 2.72. The van der Waals surface area contributed by atoms with Gasteiger partial charge in [-0.2, -0.15) is 22.0 Å². The van der Waals surface area contributed by atoms with Gasteiger partial charge < -0.3 is 5.11 Å². The van der Waals surface area contributed by atoms with Crippen LogP contribution in [-0.2, 0) is 4.79 Å². The van der Waals surface area contributed by atoms with Crippen molar-refractivity contribution < 1.29 is 41.4 Å². The van der Waals surface area contributed by atoms with Gasteiger partial charge in [0.15, 0.2) is 5.78 Å². The topological polar surface area (TPSA) is 71.4 Å². The van der Waals surface area contributed by atoms with Gasteiger partial charge in [-0.25, -0.2) is 4.79 Å². The van der Waals surface area contributed by atoms with E-state index in [0.29, 0.717) is 0 Å². The minimum absolute atomic E-state index is 0.592. The largest absolute Gasteiger partial charge is 0.478 e. The fourth-order valence-corrected chi connectivity index (χ4v) is 1.42. The fraction of sp³-hybridized carbons (Fsp3) is 0.250. The number of carboxylic acids is 1. The number of alkyl halides is 5. The van der Waals surface area contributed by atoms with Crippen molar-refractivity contribution in [1.82, 2.24) is 0 Å². The highest BCUT2D eigenvalue weighted by molar-refractivity contribution is 6.13. The monoisotopic (exact) mass is 310 g/mol. The molecule has 0 aliphatic heterocycles. The number of aromatic carboxylic acids is 1. The van der Waals surface area contributed by atoms with Crippen LogP contribution in [0.4, 0.5) is 22.0 Å². The Morgan fingerprint density at radius 1 is 0.952 bits per heavy atom. The molecule has 0 aliphatic carbocycles. The zero-order valence-electron chi connectivity index (χ0n) is 10.1. The second-order valence-electron chi connectivity index (χ2n) is 3.95. The van der Waals surface area contributed by atoms with E-state index < -0.39 is 47.2 Å². The van der Waals surface area contributed by atoms with Gasteiger partial charge >= 0.3 is 18.1 Å². The summed E-state index contributed by atoms with van der Waals surface area (Å²) in [6.45, 7) is 0. The standard InChI is InChI=1S/C12H7F5O4/c13-11(14,12(15,16)17)9(19)5-8(18)6-3-1-2-4-7(6)10(20)21/h1-4H,5H2,(H,20,21). The lowest BCUT2D eigenvalue weighted by Gasteiger charge is -2.17. The smallest absolute Gasteiger partial charge is 0.461 e. The summed E-state index contributed by atoms with van der Waals surface area (Å²) in [4.78, 5) is 33.3. The van der Waals surface area contributed by atoms with Crippen molar-refractivity contribution >= 4 is 17.5 Å². The van der Waals surface area contributed by atoms with Gasteiger partial charge in [0.2, 0.25) is 5.78 Å². The van der Waals surface area contributed by atoms with Crippen LogP contribution in [0.1, 0.15) is 27.1 Å². The van der Waals surface area contributed by atoms with Gasteiger partial charge in [-0.05, 0) is 6.07 Å². The molecule has 0 atom stereocenters. The van der Waals surface area contributed by atoms with Crippen molar-refractivity contribution in [2.75, 3.05) is 0 Å². The highest BCUT2D eigenvalue weighted by atomic mass is 19.4. The van der Waals surface area contributed by atoms with Gasteiger partial charge in [0.25, 0.3) is 0 Å². The molecule has 0 radical (unpaired) electrons. The van der Waals surface area contributed by atoms with Crippen LogP contribution in [0, 0.1) is 0 Å². The van der Waals surface area contributed by atoms with E-state index >= 15 is 0 Å². The van der Waals surface area contributed by atoms with Gasteiger partial charge in [0, 0.05) is 5.56 Å². The summed E-state index contributed by atoms with van der Waals surface area (Å²) in [5.41, 5.74) is -1.21. The molecule has 0 heterocycles. The molecule has 0 saturated heterocycles. The molecule has 0 unspecified atom stereocenters. The summed E-state index contributed by atoms with van der Waals surface area (Å²) in [6, 6.07) is 4.30. The summed E-state index contributed by atoms with van der Waals surface area (Å²) in [6.07, 6.45) is -7.87. The van der Waals surface area contributed by atoms with Crippen molar-refractivity contribution in [2.45, 2.75) is 18.5 Å². The number of carbonyl (C=O) groups excluding carboxylic acids is 2. The third-order valence-electron chi connectivity index (χ3n) is 2.49. The molecule has 1 aromatic carbocycles. The minimum atomic E-state index is -6.11. The summed E-state index contributed by atoms with van der Waals surface area (Å²) >= 11 is 0. The number of Topliss-reactive ketones (excluding diaryl/α,β-unsaturated/α-hetero) is 2. The van der Waals surface area contributed by atoms with Crippen molar-refractivity contribution in [3.8, 4) is 0 Å². The van der Waals surface area contributed by atoms with Gasteiger partial charge in [-0.15, -0.1) is 0 Å². The molecule has 21 heavy (non-hydrogen) atoms. The van der Waals surface area contributed by atoms with E-state index in [9.17, 15) is 36.3 Å². The summed E-state index contributed by atoms with van der Waals surface area (Å²) in [7, 11) is 0. The molecule has 0 amide bonds. The maximum absolute atomic E-state index is 12.7. The predicted molar refractivity (Wildman–Crippen MR) is 58.4 cm³/mol. The van der Waals surface area contributed by atoms with Gasteiger partial charge in [0.05, 0.1) is 12.0 Å². The summed E-state index contributed by atoms with van der Waals surface area (Å²) < 4.78 is 61.3. The minimum Gasteiger partial charge on any atom is -0.478 e. The molecule has 4 nitrogen and oxygen atoms in total. The molecule has 1 rings (SSSR count). The average molecular weight is 310 g/mol. The average Bonchev–Trinajstić information content (AvgIpc) is 2.37. The van der Waals surface area contributed by atoms with E-state index in [4.69, 9.17) is 5.11 Å². The Morgan fingerprint density at radius 3 is 1.86 bits per heavy atom. The lowest BCUT2D eigenvalue weighted by atomic mass is 9.98. The third-order valence-corrected chi connectivity index (χ3v) is 2.49. The Balaban J connectivity index is 3.03. The zero-order chi connectivity index (χ0) is 16.4. The molecular weight excluding hydrogens is 303 g/mol. The van der Waals surface area contributed by atoms with E-state index in [2.05, 4.69) is 0 Å². The Labute approximate surface area is 114 Å². The molecule has 0 fully saturated rings. The van der Waals surface area contributed by atoms with Crippen LogP contribution in [0.15, 0.2) is 24.3 Å². The first-order valence-electron chi connectivity index (χ1n) is 5.32. The molecule has 0 saturated carbocycles. The molecule has 1 N–H and O–H groups in total. The molecule has 114 valence electrons. The van der Waals surface area contributed by atoms with Gasteiger partial charge in [-0.1, -0.05) is 18.2 Å². The van der Waals surface area contributed by atoms with Gasteiger partial charge in [0.1, 0.15) is 0 Å². The first-order valence-corrected chi connectivity index (χ1v) is 5.32. The summed E-state index contributed by atoms with van der Waals surface area (Å²) in [5, 5.41) is 8.77. The first kappa shape index (κ1) is 16.7. The number of carboxylic acid groups (broad SMARTS) is 1.